The summed E-state index contributed by atoms with van der Waals surface area (Å²) in [6, 6.07) is 0. The average Bonchev–Trinajstić information content (AvgIpc) is 2.41. The van der Waals surface area contributed by atoms with Crippen molar-refractivity contribution in [2.24, 2.45) is 23.5 Å². The van der Waals surface area contributed by atoms with Crippen molar-refractivity contribution in [3.05, 3.63) is 0 Å². The highest BCUT2D eigenvalue weighted by atomic mass is 14.6. The Kier molecular flexibility index (Phi) is 4.79. The quantitative estimate of drug-likeness (QED) is 0.668. The molecule has 1 saturated carbocycles. The third-order valence-corrected chi connectivity index (χ3v) is 3.90. The smallest absolute Gasteiger partial charge is 0.00461 e. The second-order valence-corrected chi connectivity index (χ2v) is 4.68. The second-order valence-electron chi connectivity index (χ2n) is 4.68. The highest BCUT2D eigenvalue weighted by Crippen LogP contribution is 2.34. The molecule has 13 heavy (non-hydrogen) atoms. The first-order valence-electron chi connectivity index (χ1n) is 5.99. The number of rotatable bonds is 3. The van der Waals surface area contributed by atoms with Gasteiger partial charge in [0, 0.05) is 0 Å². The van der Waals surface area contributed by atoms with E-state index in [-0.39, 0.29) is 0 Å². The van der Waals surface area contributed by atoms with Crippen LogP contribution >= 0.6 is 0 Å². The van der Waals surface area contributed by atoms with E-state index in [1.165, 1.54) is 38.5 Å². The molecule has 1 aliphatic rings. The number of hydrogen-bond donors (Lipinski definition) is 1. The third kappa shape index (κ3) is 2.98. The van der Waals surface area contributed by atoms with Crippen molar-refractivity contribution in [2.75, 3.05) is 6.54 Å². The minimum atomic E-state index is 0.817. The Bertz CT molecular complexity index is 133. The van der Waals surface area contributed by atoms with Gasteiger partial charge in [0.25, 0.3) is 0 Å². The fourth-order valence-corrected chi connectivity index (χ4v) is 2.76. The van der Waals surface area contributed by atoms with Crippen molar-refractivity contribution in [2.45, 2.75) is 52.4 Å². The summed E-state index contributed by atoms with van der Waals surface area (Å²) in [7, 11) is 0. The average molecular weight is 183 g/mol. The molecule has 0 aromatic carbocycles. The van der Waals surface area contributed by atoms with Gasteiger partial charge in [-0.05, 0) is 37.1 Å². The molecule has 3 unspecified atom stereocenters. The van der Waals surface area contributed by atoms with Crippen molar-refractivity contribution in [3.8, 4) is 0 Å². The van der Waals surface area contributed by atoms with Gasteiger partial charge in [-0.15, -0.1) is 0 Å². The van der Waals surface area contributed by atoms with E-state index in [2.05, 4.69) is 13.8 Å². The van der Waals surface area contributed by atoms with Gasteiger partial charge in [-0.3, -0.25) is 0 Å². The fraction of sp³-hybridized carbons (Fsp3) is 1.00. The Morgan fingerprint density at radius 1 is 1.23 bits per heavy atom. The van der Waals surface area contributed by atoms with Gasteiger partial charge < -0.3 is 5.73 Å². The highest BCUT2D eigenvalue weighted by Gasteiger charge is 2.25. The zero-order chi connectivity index (χ0) is 9.68. The molecule has 1 fully saturated rings. The van der Waals surface area contributed by atoms with Crippen LogP contribution in [0.4, 0.5) is 0 Å². The molecule has 1 nitrogen and oxygen atoms in total. The van der Waals surface area contributed by atoms with Crippen LogP contribution in [-0.2, 0) is 0 Å². The summed E-state index contributed by atoms with van der Waals surface area (Å²) in [5.74, 6) is 2.61. The van der Waals surface area contributed by atoms with Gasteiger partial charge in [0.2, 0.25) is 0 Å². The van der Waals surface area contributed by atoms with E-state index in [1.807, 2.05) is 0 Å². The second kappa shape index (κ2) is 5.64. The van der Waals surface area contributed by atoms with Crippen LogP contribution < -0.4 is 5.73 Å². The van der Waals surface area contributed by atoms with Gasteiger partial charge in [-0.2, -0.15) is 0 Å². The molecule has 0 bridgehead atoms. The van der Waals surface area contributed by atoms with E-state index >= 15 is 0 Å². The molecule has 0 aliphatic heterocycles. The first-order valence-corrected chi connectivity index (χ1v) is 5.99. The summed E-state index contributed by atoms with van der Waals surface area (Å²) < 4.78 is 0. The molecule has 2 N–H and O–H groups in total. The molecule has 0 aromatic rings. The largest absolute Gasteiger partial charge is 0.330 e. The van der Waals surface area contributed by atoms with E-state index < -0.39 is 0 Å². The van der Waals surface area contributed by atoms with Crippen LogP contribution in [0.2, 0.25) is 0 Å². The van der Waals surface area contributed by atoms with Crippen molar-refractivity contribution < 1.29 is 0 Å². The molecular formula is C12H25N. The molecule has 0 spiro atoms. The third-order valence-electron chi connectivity index (χ3n) is 3.90. The van der Waals surface area contributed by atoms with Gasteiger partial charge in [0.15, 0.2) is 0 Å². The van der Waals surface area contributed by atoms with Crippen molar-refractivity contribution in [1.82, 2.24) is 0 Å². The molecule has 1 aliphatic carbocycles. The minimum Gasteiger partial charge on any atom is -0.330 e. The molecule has 3 atom stereocenters. The summed E-state index contributed by atoms with van der Waals surface area (Å²) in [5.41, 5.74) is 5.86. The van der Waals surface area contributed by atoms with Crippen LogP contribution in [0.25, 0.3) is 0 Å². The Morgan fingerprint density at radius 2 is 1.92 bits per heavy atom. The van der Waals surface area contributed by atoms with Gasteiger partial charge >= 0.3 is 0 Å². The summed E-state index contributed by atoms with van der Waals surface area (Å²) >= 11 is 0. The first kappa shape index (κ1) is 11.0. The van der Waals surface area contributed by atoms with Gasteiger partial charge in [-0.25, -0.2) is 0 Å². The lowest BCUT2D eigenvalue weighted by molar-refractivity contribution is 0.225. The fourth-order valence-electron chi connectivity index (χ4n) is 2.76. The minimum absolute atomic E-state index is 0.817. The van der Waals surface area contributed by atoms with Crippen LogP contribution in [0.5, 0.6) is 0 Å². The Morgan fingerprint density at radius 3 is 2.54 bits per heavy atom. The zero-order valence-electron chi connectivity index (χ0n) is 9.26. The molecule has 0 saturated heterocycles. The van der Waals surface area contributed by atoms with Gasteiger partial charge in [-0.1, -0.05) is 39.5 Å². The Hall–Kier alpha value is -0.0400. The van der Waals surface area contributed by atoms with Crippen LogP contribution in [0.15, 0.2) is 0 Å². The van der Waals surface area contributed by atoms with Crippen molar-refractivity contribution in [1.29, 1.82) is 0 Å². The standard InChI is InChI=1S/C12H25N/c1-3-10(2)12-8-6-4-5-7-11(12)9-13/h10-12H,3-9,13H2,1-2H3. The highest BCUT2D eigenvalue weighted by molar-refractivity contribution is 4.77. The van der Waals surface area contributed by atoms with E-state index in [0.717, 1.165) is 24.3 Å². The predicted octanol–water partition coefficient (Wildman–Crippen LogP) is 3.19. The molecule has 78 valence electrons. The molecule has 0 aromatic heterocycles. The molecule has 1 rings (SSSR count). The van der Waals surface area contributed by atoms with Crippen LogP contribution in [0, 0.1) is 17.8 Å². The van der Waals surface area contributed by atoms with E-state index in [4.69, 9.17) is 5.73 Å². The SMILES string of the molecule is CCC(C)C1CCCCCC1CN. The Labute approximate surface area is 83.1 Å². The number of nitrogens with two attached hydrogens (primary N) is 1. The maximum Gasteiger partial charge on any atom is -0.00461 e. The lowest BCUT2D eigenvalue weighted by Gasteiger charge is -2.28. The summed E-state index contributed by atoms with van der Waals surface area (Å²) in [6.45, 7) is 5.62. The maximum absolute atomic E-state index is 5.86. The lowest BCUT2D eigenvalue weighted by Crippen LogP contribution is -2.27. The van der Waals surface area contributed by atoms with E-state index in [1.54, 1.807) is 0 Å². The maximum atomic E-state index is 5.86. The predicted molar refractivity (Wildman–Crippen MR) is 58.6 cm³/mol. The van der Waals surface area contributed by atoms with Crippen molar-refractivity contribution in [3.63, 3.8) is 0 Å². The van der Waals surface area contributed by atoms with Crippen LogP contribution in [0.3, 0.4) is 0 Å². The Balaban J connectivity index is 2.53. The summed E-state index contributed by atoms with van der Waals surface area (Å²) in [6.07, 6.45) is 8.41. The molecule has 1 heteroatoms. The molecule has 0 amide bonds. The number of hydrogen-bond acceptors (Lipinski definition) is 1. The van der Waals surface area contributed by atoms with Gasteiger partial charge in [0.1, 0.15) is 0 Å². The summed E-state index contributed by atoms with van der Waals surface area (Å²) in [4.78, 5) is 0. The monoisotopic (exact) mass is 183 g/mol. The summed E-state index contributed by atoms with van der Waals surface area (Å²) in [5, 5.41) is 0. The van der Waals surface area contributed by atoms with Crippen molar-refractivity contribution >= 4 is 0 Å². The molecule has 0 heterocycles. The van der Waals surface area contributed by atoms with E-state index in [9.17, 15) is 0 Å². The zero-order valence-corrected chi connectivity index (χ0v) is 9.26. The lowest BCUT2D eigenvalue weighted by atomic mass is 9.78. The molecular weight excluding hydrogens is 158 g/mol. The van der Waals surface area contributed by atoms with Crippen LogP contribution in [-0.4, -0.2) is 6.54 Å². The first-order chi connectivity index (χ1) is 6.29. The van der Waals surface area contributed by atoms with Crippen LogP contribution in [0.1, 0.15) is 52.4 Å². The normalized spacial score (nSPS) is 32.5. The van der Waals surface area contributed by atoms with E-state index in [0.29, 0.717) is 0 Å². The van der Waals surface area contributed by atoms with Gasteiger partial charge in [0.05, 0.1) is 0 Å². The topological polar surface area (TPSA) is 26.0 Å². The molecule has 0 radical (unpaired) electrons.